The molecule has 1 aromatic heterocycles. The molecule has 5 nitrogen and oxygen atoms in total. The quantitative estimate of drug-likeness (QED) is 0.686. The summed E-state index contributed by atoms with van der Waals surface area (Å²) in [5.74, 6) is -0.0367. The average Bonchev–Trinajstić information content (AvgIpc) is 2.62. The van der Waals surface area contributed by atoms with Crippen molar-refractivity contribution < 1.29 is 14.6 Å². The molecule has 158 valence electrons. The Kier molecular flexibility index (Phi) is 7.06. The molecule has 1 heterocycles. The van der Waals surface area contributed by atoms with Gasteiger partial charge in [-0.15, -0.1) is 0 Å². The predicted molar refractivity (Wildman–Crippen MR) is 116 cm³/mol. The van der Waals surface area contributed by atoms with Crippen LogP contribution in [0.3, 0.4) is 0 Å². The SMILES string of the molecule is CCOC(=O)C(NCc1cccnc1)c1cc(C(C)(C)C)c(O)c(C(C)(C)C)c1. The van der Waals surface area contributed by atoms with Crippen LogP contribution in [0.1, 0.15) is 76.8 Å². The number of aromatic nitrogens is 1. The molecule has 0 aliphatic carbocycles. The molecule has 2 rings (SSSR count). The molecule has 0 saturated carbocycles. The van der Waals surface area contributed by atoms with E-state index in [-0.39, 0.29) is 16.8 Å². The first-order valence-electron chi connectivity index (χ1n) is 10.1. The fourth-order valence-electron chi connectivity index (χ4n) is 3.25. The minimum absolute atomic E-state index is 0.275. The van der Waals surface area contributed by atoms with Crippen molar-refractivity contribution in [3.05, 3.63) is 58.9 Å². The van der Waals surface area contributed by atoms with Crippen LogP contribution in [0.25, 0.3) is 0 Å². The highest BCUT2D eigenvalue weighted by Crippen LogP contribution is 2.41. The Morgan fingerprint density at radius 1 is 1.14 bits per heavy atom. The van der Waals surface area contributed by atoms with Gasteiger partial charge in [-0.1, -0.05) is 47.6 Å². The summed E-state index contributed by atoms with van der Waals surface area (Å²) in [6.07, 6.45) is 3.49. The van der Waals surface area contributed by atoms with Gasteiger partial charge in [0.15, 0.2) is 0 Å². The average molecular weight is 399 g/mol. The van der Waals surface area contributed by atoms with Crippen molar-refractivity contribution in [1.82, 2.24) is 10.3 Å². The maximum atomic E-state index is 12.8. The molecule has 2 N–H and O–H groups in total. The number of phenols is 1. The smallest absolute Gasteiger partial charge is 0.327 e. The van der Waals surface area contributed by atoms with E-state index in [0.29, 0.717) is 18.9 Å². The van der Waals surface area contributed by atoms with Crippen molar-refractivity contribution in [1.29, 1.82) is 0 Å². The summed E-state index contributed by atoms with van der Waals surface area (Å²) in [6, 6.07) is 7.02. The summed E-state index contributed by atoms with van der Waals surface area (Å²) >= 11 is 0. The van der Waals surface area contributed by atoms with Gasteiger partial charge in [0.25, 0.3) is 0 Å². The number of pyridine rings is 1. The summed E-state index contributed by atoms with van der Waals surface area (Å²) in [7, 11) is 0. The number of aromatic hydroxyl groups is 1. The highest BCUT2D eigenvalue weighted by Gasteiger charge is 2.30. The van der Waals surface area contributed by atoms with Crippen LogP contribution in [0.2, 0.25) is 0 Å². The van der Waals surface area contributed by atoms with Gasteiger partial charge in [-0.25, -0.2) is 4.79 Å². The summed E-state index contributed by atoms with van der Waals surface area (Å²) in [6.45, 7) is 14.9. The van der Waals surface area contributed by atoms with E-state index in [1.807, 2.05) is 24.3 Å². The standard InChI is InChI=1S/C24H34N2O3/c1-8-29-22(28)20(26-15-16-10-9-11-25-14-16)17-12-18(23(2,3)4)21(27)19(13-17)24(5,6)7/h9-14,20,26-27H,8,15H2,1-7H3. The van der Waals surface area contributed by atoms with Crippen molar-refractivity contribution >= 4 is 5.97 Å². The third-order valence-corrected chi connectivity index (χ3v) is 4.84. The Bertz CT molecular complexity index is 798. The van der Waals surface area contributed by atoms with Gasteiger partial charge in [0.05, 0.1) is 6.61 Å². The van der Waals surface area contributed by atoms with Crippen LogP contribution in [-0.4, -0.2) is 22.7 Å². The van der Waals surface area contributed by atoms with Crippen LogP contribution in [-0.2, 0) is 26.9 Å². The van der Waals surface area contributed by atoms with E-state index in [4.69, 9.17) is 4.74 Å². The zero-order chi connectivity index (χ0) is 21.8. The van der Waals surface area contributed by atoms with E-state index < -0.39 is 6.04 Å². The zero-order valence-electron chi connectivity index (χ0n) is 18.7. The first kappa shape index (κ1) is 22.9. The van der Waals surface area contributed by atoms with Gasteiger partial charge in [0, 0.05) is 18.9 Å². The van der Waals surface area contributed by atoms with Gasteiger partial charge < -0.3 is 9.84 Å². The Hall–Kier alpha value is -2.40. The molecule has 0 aliphatic rings. The molecule has 5 heteroatoms. The van der Waals surface area contributed by atoms with Crippen LogP contribution in [0.4, 0.5) is 0 Å². The van der Waals surface area contributed by atoms with E-state index in [1.165, 1.54) is 0 Å². The largest absolute Gasteiger partial charge is 0.507 e. The van der Waals surface area contributed by atoms with Gasteiger partial charge in [-0.2, -0.15) is 0 Å². The Balaban J connectivity index is 2.54. The lowest BCUT2D eigenvalue weighted by atomic mass is 9.77. The molecular weight excluding hydrogens is 364 g/mol. The number of hydrogen-bond acceptors (Lipinski definition) is 5. The monoisotopic (exact) mass is 398 g/mol. The molecule has 0 radical (unpaired) electrons. The lowest BCUT2D eigenvalue weighted by Gasteiger charge is -2.29. The molecule has 0 amide bonds. The lowest BCUT2D eigenvalue weighted by Crippen LogP contribution is -2.31. The van der Waals surface area contributed by atoms with E-state index in [1.54, 1.807) is 19.3 Å². The molecular formula is C24H34N2O3. The normalized spacial score (nSPS) is 13.2. The third-order valence-electron chi connectivity index (χ3n) is 4.84. The second-order valence-corrected chi connectivity index (χ2v) is 9.39. The number of nitrogens with one attached hydrogen (secondary N) is 1. The highest BCUT2D eigenvalue weighted by molar-refractivity contribution is 5.78. The number of carbonyl (C=O) groups is 1. The molecule has 1 atom stereocenters. The Morgan fingerprint density at radius 2 is 1.72 bits per heavy atom. The topological polar surface area (TPSA) is 71.5 Å². The Labute approximate surface area is 174 Å². The second-order valence-electron chi connectivity index (χ2n) is 9.39. The first-order valence-corrected chi connectivity index (χ1v) is 10.1. The third kappa shape index (κ3) is 5.80. The number of esters is 1. The number of hydrogen-bond donors (Lipinski definition) is 2. The molecule has 0 spiro atoms. The molecule has 0 bridgehead atoms. The predicted octanol–water partition coefficient (Wildman–Crippen LogP) is 4.78. The first-order chi connectivity index (χ1) is 13.4. The maximum absolute atomic E-state index is 12.8. The number of phenolic OH excluding ortho intramolecular Hbond substituents is 1. The van der Waals surface area contributed by atoms with Crippen LogP contribution >= 0.6 is 0 Å². The second kappa shape index (κ2) is 8.95. The molecule has 0 saturated heterocycles. The number of benzene rings is 1. The molecule has 0 fully saturated rings. The van der Waals surface area contributed by atoms with Crippen molar-refractivity contribution in [2.75, 3.05) is 6.61 Å². The molecule has 0 aliphatic heterocycles. The number of rotatable bonds is 6. The molecule has 1 unspecified atom stereocenters. The number of nitrogens with zero attached hydrogens (tertiary/aromatic N) is 1. The minimum atomic E-state index is -0.641. The van der Waals surface area contributed by atoms with E-state index in [0.717, 1.165) is 22.3 Å². The molecule has 29 heavy (non-hydrogen) atoms. The fraction of sp³-hybridized carbons (Fsp3) is 0.500. The number of carbonyl (C=O) groups excluding carboxylic acids is 1. The zero-order valence-corrected chi connectivity index (χ0v) is 18.7. The molecule has 2 aromatic rings. The van der Waals surface area contributed by atoms with Crippen molar-refractivity contribution in [2.45, 2.75) is 71.9 Å². The van der Waals surface area contributed by atoms with Gasteiger partial charge >= 0.3 is 5.97 Å². The van der Waals surface area contributed by atoms with Gasteiger partial charge in [0.1, 0.15) is 11.8 Å². The Morgan fingerprint density at radius 3 is 2.17 bits per heavy atom. The van der Waals surface area contributed by atoms with Crippen molar-refractivity contribution in [3.63, 3.8) is 0 Å². The molecule has 1 aromatic carbocycles. The number of ether oxygens (including phenoxy) is 1. The van der Waals surface area contributed by atoms with Gasteiger partial charge in [-0.3, -0.25) is 10.3 Å². The highest BCUT2D eigenvalue weighted by atomic mass is 16.5. The van der Waals surface area contributed by atoms with E-state index in [2.05, 4.69) is 51.8 Å². The lowest BCUT2D eigenvalue weighted by molar-refractivity contribution is -0.145. The summed E-state index contributed by atoms with van der Waals surface area (Å²) in [5.41, 5.74) is 2.85. The minimum Gasteiger partial charge on any atom is -0.507 e. The van der Waals surface area contributed by atoms with E-state index in [9.17, 15) is 9.90 Å². The van der Waals surface area contributed by atoms with Gasteiger partial charge in [0.2, 0.25) is 0 Å². The summed E-state index contributed by atoms with van der Waals surface area (Å²) in [5, 5.41) is 14.3. The van der Waals surface area contributed by atoms with Crippen molar-refractivity contribution in [2.24, 2.45) is 0 Å². The van der Waals surface area contributed by atoms with Crippen LogP contribution in [0.5, 0.6) is 5.75 Å². The summed E-state index contributed by atoms with van der Waals surface area (Å²) < 4.78 is 5.35. The van der Waals surface area contributed by atoms with Crippen molar-refractivity contribution in [3.8, 4) is 5.75 Å². The van der Waals surface area contributed by atoms with Crippen LogP contribution in [0.15, 0.2) is 36.7 Å². The maximum Gasteiger partial charge on any atom is 0.327 e. The van der Waals surface area contributed by atoms with Crippen LogP contribution < -0.4 is 5.32 Å². The summed E-state index contributed by atoms with van der Waals surface area (Å²) in [4.78, 5) is 16.9. The van der Waals surface area contributed by atoms with Gasteiger partial charge in [-0.05, 0) is 58.2 Å². The fourth-order valence-corrected chi connectivity index (χ4v) is 3.25. The van der Waals surface area contributed by atoms with Crippen LogP contribution in [0, 0.1) is 0 Å². The van der Waals surface area contributed by atoms with E-state index >= 15 is 0 Å².